The average Bonchev–Trinajstić information content (AvgIpc) is 2.38. The van der Waals surface area contributed by atoms with Crippen LogP contribution >= 0.6 is 0 Å². The van der Waals surface area contributed by atoms with E-state index in [0.717, 1.165) is 18.2 Å². The van der Waals surface area contributed by atoms with Crippen LogP contribution in [0.2, 0.25) is 0 Å². The molecule has 0 heterocycles. The van der Waals surface area contributed by atoms with E-state index in [4.69, 9.17) is 15.9 Å². The normalized spacial score (nSPS) is 9.95. The molecule has 8 nitrogen and oxygen atoms in total. The molecule has 0 saturated heterocycles. The number of aromatic carboxylic acids is 2. The lowest BCUT2D eigenvalue weighted by atomic mass is 10.1. The summed E-state index contributed by atoms with van der Waals surface area (Å²) in [6.45, 7) is 0.457. The standard InChI is InChI=1S/C11H12N2O6/c12-1-2-13-19-11(18)8-4-6(9(14)15)3-7(5-8)10(16)17/h3-5,13H,1-2,12H2,(H,14,15)(H,16,17). The van der Waals surface area contributed by atoms with E-state index in [9.17, 15) is 14.4 Å². The van der Waals surface area contributed by atoms with Gasteiger partial charge in [0.25, 0.3) is 0 Å². The van der Waals surface area contributed by atoms with Gasteiger partial charge >= 0.3 is 17.9 Å². The summed E-state index contributed by atoms with van der Waals surface area (Å²) >= 11 is 0. The van der Waals surface area contributed by atoms with Crippen molar-refractivity contribution in [2.24, 2.45) is 5.73 Å². The van der Waals surface area contributed by atoms with Gasteiger partial charge in [-0.05, 0) is 18.2 Å². The van der Waals surface area contributed by atoms with E-state index < -0.39 is 17.9 Å². The number of carboxylic acid groups (broad SMARTS) is 2. The molecule has 0 spiro atoms. The fraction of sp³-hybridized carbons (Fsp3) is 0.182. The average molecular weight is 268 g/mol. The lowest BCUT2D eigenvalue weighted by Crippen LogP contribution is -2.26. The molecule has 0 bridgehead atoms. The Balaban J connectivity index is 3.02. The second-order valence-corrected chi connectivity index (χ2v) is 3.48. The van der Waals surface area contributed by atoms with Crippen molar-refractivity contribution in [2.45, 2.75) is 0 Å². The Morgan fingerprint density at radius 3 is 1.95 bits per heavy atom. The third kappa shape index (κ3) is 4.05. The van der Waals surface area contributed by atoms with E-state index in [-0.39, 0.29) is 29.8 Å². The Labute approximate surface area is 107 Å². The lowest BCUT2D eigenvalue weighted by Gasteiger charge is -2.06. The van der Waals surface area contributed by atoms with E-state index in [2.05, 4.69) is 10.3 Å². The zero-order chi connectivity index (χ0) is 14.4. The van der Waals surface area contributed by atoms with Crippen molar-refractivity contribution in [1.29, 1.82) is 0 Å². The molecule has 0 saturated carbocycles. The highest BCUT2D eigenvalue weighted by molar-refractivity contribution is 5.99. The second-order valence-electron chi connectivity index (χ2n) is 3.48. The summed E-state index contributed by atoms with van der Waals surface area (Å²) in [5.41, 5.74) is 6.63. The van der Waals surface area contributed by atoms with Crippen LogP contribution in [0, 0.1) is 0 Å². The Kier molecular flexibility index (Phi) is 4.98. The molecule has 0 aliphatic rings. The molecule has 0 aliphatic heterocycles. The van der Waals surface area contributed by atoms with Crippen LogP contribution < -0.4 is 11.2 Å². The van der Waals surface area contributed by atoms with Crippen molar-refractivity contribution >= 4 is 17.9 Å². The molecule has 0 radical (unpaired) electrons. The van der Waals surface area contributed by atoms with Crippen LogP contribution in [0.4, 0.5) is 0 Å². The number of carboxylic acids is 2. The predicted molar refractivity (Wildman–Crippen MR) is 62.8 cm³/mol. The molecule has 1 rings (SSSR count). The summed E-state index contributed by atoms with van der Waals surface area (Å²) < 4.78 is 0. The van der Waals surface area contributed by atoms with Gasteiger partial charge in [-0.15, -0.1) is 0 Å². The maximum Gasteiger partial charge on any atom is 0.356 e. The van der Waals surface area contributed by atoms with Gasteiger partial charge in [-0.1, -0.05) is 0 Å². The quantitative estimate of drug-likeness (QED) is 0.407. The van der Waals surface area contributed by atoms with Crippen LogP contribution in [0.3, 0.4) is 0 Å². The van der Waals surface area contributed by atoms with Crippen molar-refractivity contribution in [3.05, 3.63) is 34.9 Å². The third-order valence-corrected chi connectivity index (χ3v) is 2.07. The summed E-state index contributed by atoms with van der Waals surface area (Å²) in [5.74, 6) is -3.57. The van der Waals surface area contributed by atoms with Crippen molar-refractivity contribution in [3.8, 4) is 0 Å². The Hall–Kier alpha value is -2.45. The van der Waals surface area contributed by atoms with Crippen molar-refractivity contribution in [3.63, 3.8) is 0 Å². The summed E-state index contributed by atoms with van der Waals surface area (Å²) in [6, 6.07) is 3.01. The van der Waals surface area contributed by atoms with E-state index in [1.807, 2.05) is 0 Å². The number of benzene rings is 1. The first-order valence-electron chi connectivity index (χ1n) is 5.21. The molecule has 5 N–H and O–H groups in total. The number of hydroxylamine groups is 1. The fourth-order valence-electron chi connectivity index (χ4n) is 1.23. The molecule has 102 valence electrons. The number of carbonyl (C=O) groups is 3. The first kappa shape index (κ1) is 14.6. The predicted octanol–water partition coefficient (Wildman–Crippen LogP) is -0.297. The largest absolute Gasteiger partial charge is 0.478 e. The van der Waals surface area contributed by atoms with Gasteiger partial charge in [0.1, 0.15) is 0 Å². The fourth-order valence-corrected chi connectivity index (χ4v) is 1.23. The van der Waals surface area contributed by atoms with Crippen molar-refractivity contribution in [1.82, 2.24) is 5.48 Å². The number of hydrogen-bond donors (Lipinski definition) is 4. The molecule has 0 amide bonds. The Morgan fingerprint density at radius 1 is 1.05 bits per heavy atom. The molecule has 19 heavy (non-hydrogen) atoms. The lowest BCUT2D eigenvalue weighted by molar-refractivity contribution is 0.0261. The van der Waals surface area contributed by atoms with Crippen LogP contribution in [0.1, 0.15) is 31.1 Å². The monoisotopic (exact) mass is 268 g/mol. The summed E-state index contributed by atoms with van der Waals surface area (Å²) in [6.07, 6.45) is 0. The van der Waals surface area contributed by atoms with Gasteiger partial charge in [-0.25, -0.2) is 14.4 Å². The van der Waals surface area contributed by atoms with E-state index in [1.165, 1.54) is 0 Å². The van der Waals surface area contributed by atoms with Gasteiger partial charge in [0.2, 0.25) is 0 Å². The van der Waals surface area contributed by atoms with Gasteiger partial charge in [-0.3, -0.25) is 0 Å². The minimum Gasteiger partial charge on any atom is -0.478 e. The van der Waals surface area contributed by atoms with Crippen LogP contribution in [0.5, 0.6) is 0 Å². The third-order valence-electron chi connectivity index (χ3n) is 2.07. The maximum atomic E-state index is 11.6. The van der Waals surface area contributed by atoms with Gasteiger partial charge in [0, 0.05) is 13.1 Å². The number of rotatable bonds is 6. The number of hydrogen-bond acceptors (Lipinski definition) is 6. The van der Waals surface area contributed by atoms with Crippen LogP contribution in [-0.2, 0) is 4.84 Å². The minimum atomic E-state index is -1.34. The number of carbonyl (C=O) groups excluding carboxylic acids is 1. The summed E-state index contributed by atoms with van der Waals surface area (Å²) in [7, 11) is 0. The second kappa shape index (κ2) is 6.47. The van der Waals surface area contributed by atoms with Gasteiger partial charge in [0.05, 0.1) is 16.7 Å². The van der Waals surface area contributed by atoms with Crippen LogP contribution in [0.15, 0.2) is 18.2 Å². The summed E-state index contributed by atoms with van der Waals surface area (Å²) in [4.78, 5) is 37.8. The van der Waals surface area contributed by atoms with Crippen LogP contribution in [-0.4, -0.2) is 41.2 Å². The molecule has 0 fully saturated rings. The molecule has 0 atom stereocenters. The molecular formula is C11H12N2O6. The highest BCUT2D eigenvalue weighted by Crippen LogP contribution is 2.12. The molecule has 1 aromatic rings. The van der Waals surface area contributed by atoms with Gasteiger partial charge < -0.3 is 20.8 Å². The highest BCUT2D eigenvalue weighted by atomic mass is 16.7. The zero-order valence-electron chi connectivity index (χ0n) is 9.75. The number of nitrogens with one attached hydrogen (secondary N) is 1. The van der Waals surface area contributed by atoms with Gasteiger partial charge in [-0.2, -0.15) is 5.48 Å². The Bertz CT molecular complexity index is 482. The zero-order valence-corrected chi connectivity index (χ0v) is 9.75. The van der Waals surface area contributed by atoms with Gasteiger partial charge in [0.15, 0.2) is 0 Å². The number of nitrogens with two attached hydrogens (primary N) is 1. The summed E-state index contributed by atoms with van der Waals surface area (Å²) in [5, 5.41) is 17.7. The van der Waals surface area contributed by atoms with Crippen molar-refractivity contribution in [2.75, 3.05) is 13.1 Å². The van der Waals surface area contributed by atoms with Crippen LogP contribution in [0.25, 0.3) is 0 Å². The molecule has 0 aromatic heterocycles. The minimum absolute atomic E-state index is 0.179. The first-order chi connectivity index (χ1) is 8.95. The Morgan fingerprint density at radius 2 is 1.53 bits per heavy atom. The molecule has 8 heteroatoms. The molecule has 0 unspecified atom stereocenters. The smallest absolute Gasteiger partial charge is 0.356 e. The SMILES string of the molecule is NCCNOC(=O)c1cc(C(=O)O)cc(C(=O)O)c1. The van der Waals surface area contributed by atoms with E-state index >= 15 is 0 Å². The van der Waals surface area contributed by atoms with E-state index in [0.29, 0.717) is 0 Å². The van der Waals surface area contributed by atoms with E-state index in [1.54, 1.807) is 0 Å². The maximum absolute atomic E-state index is 11.6. The molecular weight excluding hydrogens is 256 g/mol. The molecule has 0 aliphatic carbocycles. The first-order valence-corrected chi connectivity index (χ1v) is 5.21. The molecule has 1 aromatic carbocycles. The highest BCUT2D eigenvalue weighted by Gasteiger charge is 2.16. The topological polar surface area (TPSA) is 139 Å². The van der Waals surface area contributed by atoms with Crippen molar-refractivity contribution < 1.29 is 29.4 Å².